The average molecular weight is 381 g/mol. The number of fused-ring (bicyclic) bond motifs is 3. The second kappa shape index (κ2) is 4.79. The number of carbonyl (C=O) groups is 1. The first-order valence-corrected chi connectivity index (χ1v) is 9.07. The van der Waals surface area contributed by atoms with E-state index in [1.165, 1.54) is 0 Å². The van der Waals surface area contributed by atoms with Crippen LogP contribution in [-0.4, -0.2) is 21.4 Å². The monoisotopic (exact) mass is 380 g/mol. The lowest BCUT2D eigenvalue weighted by molar-refractivity contribution is -0.339. The molecule has 2 aliphatic heterocycles. The fourth-order valence-electron chi connectivity index (χ4n) is 3.42. The first-order valence-electron chi connectivity index (χ1n) is 7.40. The summed E-state index contributed by atoms with van der Waals surface area (Å²) in [6, 6.07) is 12.1. The minimum absolute atomic E-state index is 0.0666. The molecule has 0 saturated carbocycles. The Morgan fingerprint density at radius 1 is 1.04 bits per heavy atom. The van der Waals surface area contributed by atoms with Gasteiger partial charge in [0, 0.05) is 16.1 Å². The SMILES string of the molecule is O=C1c2ccccc2-c2cc(Br)cc3c2[N+]1=C1C=CC=CC1S3. The van der Waals surface area contributed by atoms with Gasteiger partial charge in [-0.2, -0.15) is 0 Å². The highest BCUT2D eigenvalue weighted by Gasteiger charge is 2.44. The van der Waals surface area contributed by atoms with Crippen molar-refractivity contribution in [3.05, 3.63) is 70.7 Å². The van der Waals surface area contributed by atoms with E-state index >= 15 is 0 Å². The number of amides is 1. The number of nitrogens with zero attached hydrogens (tertiary/aromatic N) is 1. The Morgan fingerprint density at radius 2 is 1.87 bits per heavy atom. The van der Waals surface area contributed by atoms with Gasteiger partial charge in [0.1, 0.15) is 5.25 Å². The van der Waals surface area contributed by atoms with Gasteiger partial charge in [-0.3, -0.25) is 0 Å². The molecule has 0 N–H and O–H groups in total. The highest BCUT2D eigenvalue weighted by molar-refractivity contribution is 9.10. The smallest absolute Gasteiger partial charge is 0.214 e. The summed E-state index contributed by atoms with van der Waals surface area (Å²) in [6.45, 7) is 0. The zero-order valence-electron chi connectivity index (χ0n) is 12.0. The molecule has 0 bridgehead atoms. The Hall–Kier alpha value is -1.91. The molecule has 23 heavy (non-hydrogen) atoms. The highest BCUT2D eigenvalue weighted by Crippen LogP contribution is 2.49. The molecule has 2 heterocycles. The molecule has 0 fully saturated rings. The van der Waals surface area contributed by atoms with Gasteiger partial charge in [0.05, 0.1) is 16.0 Å². The Labute approximate surface area is 146 Å². The van der Waals surface area contributed by atoms with E-state index in [9.17, 15) is 4.79 Å². The van der Waals surface area contributed by atoms with Crippen LogP contribution in [0.4, 0.5) is 5.69 Å². The second-order valence-corrected chi connectivity index (χ2v) is 7.79. The first kappa shape index (κ1) is 13.5. The van der Waals surface area contributed by atoms with Crippen LogP contribution in [-0.2, 0) is 0 Å². The lowest BCUT2D eigenvalue weighted by Crippen LogP contribution is -2.35. The van der Waals surface area contributed by atoms with E-state index in [4.69, 9.17) is 0 Å². The van der Waals surface area contributed by atoms with Crippen LogP contribution >= 0.6 is 27.7 Å². The summed E-state index contributed by atoms with van der Waals surface area (Å²) in [6.07, 6.45) is 8.26. The van der Waals surface area contributed by atoms with E-state index in [2.05, 4.69) is 40.2 Å². The molecule has 0 spiro atoms. The van der Waals surface area contributed by atoms with Crippen LogP contribution < -0.4 is 0 Å². The Morgan fingerprint density at radius 3 is 2.74 bits per heavy atom. The number of hydrogen-bond acceptors (Lipinski definition) is 2. The number of thioether (sulfide) groups is 1. The van der Waals surface area contributed by atoms with Crippen LogP contribution in [0.15, 0.2) is 70.1 Å². The Kier molecular flexibility index (Phi) is 2.82. The molecule has 0 aromatic heterocycles. The third-order valence-electron chi connectivity index (χ3n) is 4.38. The molecule has 0 saturated heterocycles. The van der Waals surface area contributed by atoms with Crippen LogP contribution in [0.25, 0.3) is 11.1 Å². The number of carbonyl (C=O) groups excluding carboxylic acids is 1. The van der Waals surface area contributed by atoms with E-state index in [0.29, 0.717) is 0 Å². The second-order valence-electron chi connectivity index (χ2n) is 5.69. The predicted octanol–water partition coefficient (Wildman–Crippen LogP) is 4.96. The van der Waals surface area contributed by atoms with Gasteiger partial charge >= 0.3 is 5.91 Å². The van der Waals surface area contributed by atoms with Crippen LogP contribution in [0.2, 0.25) is 0 Å². The normalized spacial score (nSPS) is 20.2. The van der Waals surface area contributed by atoms with Crippen molar-refractivity contribution in [2.24, 2.45) is 0 Å². The summed E-state index contributed by atoms with van der Waals surface area (Å²) in [4.78, 5) is 14.3. The Balaban J connectivity index is 1.95. The maximum absolute atomic E-state index is 13.2. The molecule has 110 valence electrons. The minimum Gasteiger partial charge on any atom is -0.214 e. The van der Waals surface area contributed by atoms with Crippen molar-refractivity contribution in [2.75, 3.05) is 0 Å². The van der Waals surface area contributed by atoms with Gasteiger partial charge in [-0.1, -0.05) is 52.4 Å². The topological polar surface area (TPSA) is 20.1 Å². The molecule has 5 rings (SSSR count). The van der Waals surface area contributed by atoms with Gasteiger partial charge in [-0.15, -0.1) is 16.3 Å². The summed E-state index contributed by atoms with van der Waals surface area (Å²) < 4.78 is 2.95. The molecule has 3 aliphatic rings. The summed E-state index contributed by atoms with van der Waals surface area (Å²) in [7, 11) is 0. The van der Waals surface area contributed by atoms with Gasteiger partial charge in [-0.25, -0.2) is 4.79 Å². The third kappa shape index (κ3) is 1.82. The number of allylic oxidation sites excluding steroid dienone is 3. The largest absolute Gasteiger partial charge is 0.426 e. The number of halogens is 1. The van der Waals surface area contributed by atoms with E-state index < -0.39 is 0 Å². The van der Waals surface area contributed by atoms with Crippen LogP contribution in [0.1, 0.15) is 10.4 Å². The van der Waals surface area contributed by atoms with Crippen molar-refractivity contribution in [1.29, 1.82) is 0 Å². The number of rotatable bonds is 0. The molecule has 2 aromatic rings. The molecule has 4 heteroatoms. The van der Waals surface area contributed by atoms with E-state index in [1.807, 2.05) is 41.0 Å². The van der Waals surface area contributed by atoms with Crippen LogP contribution in [0, 0.1) is 0 Å². The summed E-state index contributed by atoms with van der Waals surface area (Å²) in [5.74, 6) is 0.0666. The lowest BCUT2D eigenvalue weighted by atomic mass is 9.92. The quantitative estimate of drug-likeness (QED) is 0.602. The summed E-state index contributed by atoms with van der Waals surface area (Å²) in [5, 5.41) is 0.184. The predicted molar refractivity (Wildman–Crippen MR) is 96.8 cm³/mol. The van der Waals surface area contributed by atoms with Crippen molar-refractivity contribution in [3.8, 4) is 11.1 Å². The first-order chi connectivity index (χ1) is 11.2. The fraction of sp³-hybridized carbons (Fsp3) is 0.0526. The van der Waals surface area contributed by atoms with E-state index in [0.717, 1.165) is 37.5 Å². The molecule has 0 radical (unpaired) electrons. The summed E-state index contributed by atoms with van der Waals surface area (Å²) in [5.41, 5.74) is 4.97. The zero-order chi connectivity index (χ0) is 15.6. The lowest BCUT2D eigenvalue weighted by Gasteiger charge is -2.26. The van der Waals surface area contributed by atoms with Crippen LogP contribution in [0.3, 0.4) is 0 Å². The molecule has 1 amide bonds. The van der Waals surface area contributed by atoms with E-state index in [-0.39, 0.29) is 11.2 Å². The summed E-state index contributed by atoms with van der Waals surface area (Å²) >= 11 is 5.43. The molecule has 2 nitrogen and oxygen atoms in total. The van der Waals surface area contributed by atoms with Gasteiger partial charge in [0.2, 0.25) is 11.4 Å². The van der Waals surface area contributed by atoms with Crippen molar-refractivity contribution < 1.29 is 9.37 Å². The van der Waals surface area contributed by atoms with Gasteiger partial charge in [0.25, 0.3) is 0 Å². The van der Waals surface area contributed by atoms with Crippen molar-refractivity contribution >= 4 is 45.0 Å². The minimum atomic E-state index is 0.0666. The molecule has 2 aromatic carbocycles. The maximum atomic E-state index is 13.2. The van der Waals surface area contributed by atoms with Crippen LogP contribution in [0.5, 0.6) is 0 Å². The third-order valence-corrected chi connectivity index (χ3v) is 6.06. The average Bonchev–Trinajstić information content (AvgIpc) is 2.58. The number of benzene rings is 2. The molecular formula is C19H11BrNOS+. The van der Waals surface area contributed by atoms with Crippen molar-refractivity contribution in [2.45, 2.75) is 10.1 Å². The molecule has 1 aliphatic carbocycles. The Bertz CT molecular complexity index is 987. The van der Waals surface area contributed by atoms with Gasteiger partial charge in [0.15, 0.2) is 0 Å². The number of hydrogen-bond donors (Lipinski definition) is 0. The molecule has 1 atom stereocenters. The van der Waals surface area contributed by atoms with E-state index in [1.54, 1.807) is 11.8 Å². The molecular weight excluding hydrogens is 370 g/mol. The highest BCUT2D eigenvalue weighted by atomic mass is 79.9. The zero-order valence-corrected chi connectivity index (χ0v) is 14.4. The van der Waals surface area contributed by atoms with Gasteiger partial charge < -0.3 is 0 Å². The van der Waals surface area contributed by atoms with Crippen molar-refractivity contribution in [3.63, 3.8) is 0 Å². The van der Waals surface area contributed by atoms with Crippen molar-refractivity contribution in [1.82, 2.24) is 0 Å². The molecule has 1 unspecified atom stereocenters. The fourth-order valence-corrected chi connectivity index (χ4v) is 5.29. The van der Waals surface area contributed by atoms with Gasteiger partial charge in [-0.05, 0) is 18.2 Å². The maximum Gasteiger partial charge on any atom is 0.426 e. The standard InChI is InChI=1S/C19H11BrNOS/c20-11-9-14-12-5-1-2-6-13(12)19(22)21-15-7-3-4-8-16(15)23-17(10-11)18(14)21/h1-10,16H/q+1.